The van der Waals surface area contributed by atoms with Crippen LogP contribution in [0.25, 0.3) is 0 Å². The lowest BCUT2D eigenvalue weighted by atomic mass is 9.95. The molecule has 1 rings (SSSR count). The number of carbonyl (C=O) groups is 2. The normalized spacial score (nSPS) is 18.8. The van der Waals surface area contributed by atoms with Crippen molar-refractivity contribution in [1.29, 1.82) is 0 Å². The number of likely N-dealkylation sites (N-methyl/N-ethyl adjacent to an activating group) is 1. The van der Waals surface area contributed by atoms with E-state index in [0.29, 0.717) is 12.6 Å². The highest BCUT2D eigenvalue weighted by atomic mass is 16.4. The molecule has 0 radical (unpaired) electrons. The van der Waals surface area contributed by atoms with Crippen molar-refractivity contribution in [3.05, 3.63) is 0 Å². The lowest BCUT2D eigenvalue weighted by Gasteiger charge is -2.18. The SMILES string of the molecule is CC(C(=O)O)C(C)C(=O)NCCN(C)C1CC1. The van der Waals surface area contributed by atoms with Crippen LogP contribution in [-0.2, 0) is 9.59 Å². The van der Waals surface area contributed by atoms with Crippen LogP contribution in [-0.4, -0.2) is 48.1 Å². The maximum Gasteiger partial charge on any atom is 0.307 e. The number of aliphatic carboxylic acids is 1. The monoisotopic (exact) mass is 242 g/mol. The summed E-state index contributed by atoms with van der Waals surface area (Å²) >= 11 is 0. The Morgan fingerprint density at radius 3 is 2.41 bits per heavy atom. The van der Waals surface area contributed by atoms with Crippen LogP contribution in [0, 0.1) is 11.8 Å². The van der Waals surface area contributed by atoms with Crippen molar-refractivity contribution in [1.82, 2.24) is 10.2 Å². The van der Waals surface area contributed by atoms with Gasteiger partial charge in [-0.1, -0.05) is 13.8 Å². The summed E-state index contributed by atoms with van der Waals surface area (Å²) in [6.45, 7) is 4.62. The topological polar surface area (TPSA) is 69.6 Å². The van der Waals surface area contributed by atoms with Gasteiger partial charge in [0.25, 0.3) is 0 Å². The molecule has 1 amide bonds. The molecular formula is C12H22N2O3. The zero-order chi connectivity index (χ0) is 13.0. The summed E-state index contributed by atoms with van der Waals surface area (Å²) in [4.78, 5) is 24.6. The Bertz CT molecular complexity index is 289. The first-order valence-electron chi connectivity index (χ1n) is 6.14. The van der Waals surface area contributed by atoms with Crippen LogP contribution in [0.4, 0.5) is 0 Å². The molecule has 1 saturated carbocycles. The molecule has 0 heterocycles. The molecule has 0 spiro atoms. The number of carboxylic acid groups (broad SMARTS) is 1. The average Bonchev–Trinajstić information content (AvgIpc) is 3.10. The summed E-state index contributed by atoms with van der Waals surface area (Å²) in [6.07, 6.45) is 2.49. The van der Waals surface area contributed by atoms with Gasteiger partial charge in [0.05, 0.1) is 5.92 Å². The summed E-state index contributed by atoms with van der Waals surface area (Å²) < 4.78 is 0. The van der Waals surface area contributed by atoms with Gasteiger partial charge in [-0.05, 0) is 19.9 Å². The van der Waals surface area contributed by atoms with Crippen LogP contribution in [0.2, 0.25) is 0 Å². The first-order chi connectivity index (χ1) is 7.93. The van der Waals surface area contributed by atoms with Crippen LogP contribution in [0.3, 0.4) is 0 Å². The van der Waals surface area contributed by atoms with Gasteiger partial charge >= 0.3 is 5.97 Å². The highest BCUT2D eigenvalue weighted by Gasteiger charge is 2.27. The molecule has 1 aliphatic rings. The van der Waals surface area contributed by atoms with E-state index in [1.165, 1.54) is 12.8 Å². The Morgan fingerprint density at radius 1 is 1.35 bits per heavy atom. The third-order valence-corrected chi connectivity index (χ3v) is 3.49. The zero-order valence-electron chi connectivity index (χ0n) is 10.8. The van der Waals surface area contributed by atoms with Crippen molar-refractivity contribution in [2.45, 2.75) is 32.7 Å². The van der Waals surface area contributed by atoms with E-state index in [1.807, 2.05) is 7.05 Å². The zero-order valence-corrected chi connectivity index (χ0v) is 10.8. The number of hydrogen-bond donors (Lipinski definition) is 2. The van der Waals surface area contributed by atoms with Gasteiger partial charge in [-0.25, -0.2) is 0 Å². The average molecular weight is 242 g/mol. The Hall–Kier alpha value is -1.10. The van der Waals surface area contributed by atoms with Crippen LogP contribution in [0.5, 0.6) is 0 Å². The first kappa shape index (κ1) is 14.0. The third kappa shape index (κ3) is 4.34. The highest BCUT2D eigenvalue weighted by molar-refractivity contribution is 5.84. The molecule has 2 N–H and O–H groups in total. The van der Waals surface area contributed by atoms with Crippen molar-refractivity contribution in [2.75, 3.05) is 20.1 Å². The number of nitrogens with one attached hydrogen (secondary N) is 1. The summed E-state index contributed by atoms with van der Waals surface area (Å²) in [7, 11) is 2.05. The molecule has 0 saturated heterocycles. The molecule has 17 heavy (non-hydrogen) atoms. The third-order valence-electron chi connectivity index (χ3n) is 3.49. The molecule has 2 unspecified atom stereocenters. The van der Waals surface area contributed by atoms with Crippen molar-refractivity contribution in [2.24, 2.45) is 11.8 Å². The fourth-order valence-electron chi connectivity index (χ4n) is 1.66. The van der Waals surface area contributed by atoms with Gasteiger partial charge < -0.3 is 15.3 Å². The van der Waals surface area contributed by atoms with E-state index in [1.54, 1.807) is 13.8 Å². The second kappa shape index (κ2) is 6.00. The summed E-state index contributed by atoms with van der Waals surface area (Å²) in [5.41, 5.74) is 0. The second-order valence-corrected chi connectivity index (χ2v) is 4.92. The van der Waals surface area contributed by atoms with Crippen LogP contribution < -0.4 is 5.32 Å². The summed E-state index contributed by atoms with van der Waals surface area (Å²) in [6, 6.07) is 0.683. The standard InChI is InChI=1S/C12H22N2O3/c1-8(9(2)12(16)17)11(15)13-6-7-14(3)10-4-5-10/h8-10H,4-7H2,1-3H3,(H,13,15)(H,16,17). The van der Waals surface area contributed by atoms with Gasteiger partial charge in [0, 0.05) is 25.0 Å². The predicted molar refractivity (Wildman–Crippen MR) is 64.6 cm³/mol. The van der Waals surface area contributed by atoms with Gasteiger partial charge in [0.1, 0.15) is 0 Å². The van der Waals surface area contributed by atoms with Crippen molar-refractivity contribution in [3.63, 3.8) is 0 Å². The van der Waals surface area contributed by atoms with Gasteiger partial charge in [-0.3, -0.25) is 9.59 Å². The lowest BCUT2D eigenvalue weighted by molar-refractivity contribution is -0.146. The van der Waals surface area contributed by atoms with E-state index >= 15 is 0 Å². The molecule has 0 aliphatic heterocycles. The molecule has 0 aromatic rings. The van der Waals surface area contributed by atoms with Crippen molar-refractivity contribution >= 4 is 11.9 Å². The largest absolute Gasteiger partial charge is 0.481 e. The Kier molecular flexibility index (Phi) is 4.93. The van der Waals surface area contributed by atoms with Gasteiger partial charge in [-0.2, -0.15) is 0 Å². The molecule has 98 valence electrons. The van der Waals surface area contributed by atoms with Gasteiger partial charge in [0.2, 0.25) is 5.91 Å². The Labute approximate surface area is 102 Å². The van der Waals surface area contributed by atoms with Crippen LogP contribution >= 0.6 is 0 Å². The first-order valence-corrected chi connectivity index (χ1v) is 6.14. The molecule has 1 aliphatic carbocycles. The van der Waals surface area contributed by atoms with Crippen LogP contribution in [0.15, 0.2) is 0 Å². The van der Waals surface area contributed by atoms with E-state index in [2.05, 4.69) is 10.2 Å². The molecule has 5 heteroatoms. The number of hydrogen-bond acceptors (Lipinski definition) is 3. The number of rotatable bonds is 7. The fraction of sp³-hybridized carbons (Fsp3) is 0.833. The summed E-state index contributed by atoms with van der Waals surface area (Å²) in [5, 5.41) is 11.6. The number of nitrogens with zero attached hydrogens (tertiary/aromatic N) is 1. The van der Waals surface area contributed by atoms with E-state index in [4.69, 9.17) is 5.11 Å². The summed E-state index contributed by atoms with van der Waals surface area (Å²) in [5.74, 6) is -2.23. The van der Waals surface area contributed by atoms with Gasteiger partial charge in [0.15, 0.2) is 0 Å². The van der Waals surface area contributed by atoms with Crippen molar-refractivity contribution < 1.29 is 14.7 Å². The number of amides is 1. The highest BCUT2D eigenvalue weighted by Crippen LogP contribution is 2.24. The van der Waals surface area contributed by atoms with E-state index < -0.39 is 17.8 Å². The molecule has 1 fully saturated rings. The molecule has 0 aromatic heterocycles. The molecule has 5 nitrogen and oxygen atoms in total. The van der Waals surface area contributed by atoms with E-state index in [9.17, 15) is 9.59 Å². The number of carbonyl (C=O) groups excluding carboxylic acids is 1. The van der Waals surface area contributed by atoms with E-state index in [0.717, 1.165) is 6.54 Å². The smallest absolute Gasteiger partial charge is 0.307 e. The minimum atomic E-state index is -0.928. The van der Waals surface area contributed by atoms with Gasteiger partial charge in [-0.15, -0.1) is 0 Å². The fourth-order valence-corrected chi connectivity index (χ4v) is 1.66. The van der Waals surface area contributed by atoms with Crippen LogP contribution in [0.1, 0.15) is 26.7 Å². The predicted octanol–water partition coefficient (Wildman–Crippen LogP) is 0.554. The Morgan fingerprint density at radius 2 is 1.94 bits per heavy atom. The Balaban J connectivity index is 2.21. The molecule has 2 atom stereocenters. The molecule has 0 aromatic carbocycles. The second-order valence-electron chi connectivity index (χ2n) is 4.92. The maximum atomic E-state index is 11.7. The minimum absolute atomic E-state index is 0.177. The minimum Gasteiger partial charge on any atom is -0.481 e. The van der Waals surface area contributed by atoms with Crippen molar-refractivity contribution in [3.8, 4) is 0 Å². The maximum absolute atomic E-state index is 11.7. The quantitative estimate of drug-likeness (QED) is 0.684. The number of carboxylic acids is 1. The molecular weight excluding hydrogens is 220 g/mol. The molecule has 0 bridgehead atoms. The van der Waals surface area contributed by atoms with E-state index in [-0.39, 0.29) is 5.91 Å². The lowest BCUT2D eigenvalue weighted by Crippen LogP contribution is -2.39.